The predicted molar refractivity (Wildman–Crippen MR) is 86.2 cm³/mol. The smallest absolute Gasteiger partial charge is 0.291 e. The summed E-state index contributed by atoms with van der Waals surface area (Å²) in [7, 11) is 0. The highest BCUT2D eigenvalue weighted by atomic mass is 79.9. The molecule has 21 heavy (non-hydrogen) atoms. The van der Waals surface area contributed by atoms with Gasteiger partial charge in [0.15, 0.2) is 5.76 Å². The third-order valence-corrected chi connectivity index (χ3v) is 3.83. The van der Waals surface area contributed by atoms with Gasteiger partial charge in [-0.05, 0) is 39.7 Å². The van der Waals surface area contributed by atoms with Crippen molar-refractivity contribution < 1.29 is 9.21 Å². The van der Waals surface area contributed by atoms with Gasteiger partial charge < -0.3 is 15.5 Å². The van der Waals surface area contributed by atoms with E-state index in [0.717, 1.165) is 15.4 Å². The fourth-order valence-corrected chi connectivity index (χ4v) is 2.61. The molecule has 0 spiro atoms. The van der Waals surface area contributed by atoms with Crippen LogP contribution in [0.25, 0.3) is 11.0 Å². The molecule has 1 heterocycles. The van der Waals surface area contributed by atoms with Gasteiger partial charge in [0.05, 0.1) is 4.47 Å². The van der Waals surface area contributed by atoms with E-state index in [4.69, 9.17) is 10.2 Å². The zero-order valence-electron chi connectivity index (χ0n) is 11.1. The van der Waals surface area contributed by atoms with Crippen molar-refractivity contribution in [3.8, 4) is 0 Å². The molecule has 3 rings (SSSR count). The maximum atomic E-state index is 12.3. The van der Waals surface area contributed by atoms with Crippen LogP contribution < -0.4 is 11.1 Å². The summed E-state index contributed by atoms with van der Waals surface area (Å²) >= 11 is 3.41. The molecular formula is C16H13BrN2O2. The van der Waals surface area contributed by atoms with Crippen molar-refractivity contribution in [2.45, 2.75) is 6.54 Å². The van der Waals surface area contributed by atoms with Crippen LogP contribution in [-0.2, 0) is 6.54 Å². The molecular weight excluding hydrogens is 332 g/mol. The number of hydrogen-bond donors (Lipinski definition) is 2. The Morgan fingerprint density at radius 2 is 2.00 bits per heavy atom. The number of anilines is 1. The molecule has 0 atom stereocenters. The second kappa shape index (κ2) is 5.71. The predicted octanol–water partition coefficient (Wildman–Crippen LogP) is 3.91. The van der Waals surface area contributed by atoms with E-state index in [2.05, 4.69) is 21.2 Å². The molecule has 106 valence electrons. The molecule has 0 unspecified atom stereocenters. The van der Waals surface area contributed by atoms with Crippen molar-refractivity contribution in [2.24, 2.45) is 5.73 Å². The van der Waals surface area contributed by atoms with Crippen LogP contribution in [0.2, 0.25) is 0 Å². The van der Waals surface area contributed by atoms with E-state index in [1.54, 1.807) is 6.07 Å². The number of nitrogens with one attached hydrogen (secondary N) is 1. The number of carbonyl (C=O) groups is 1. The van der Waals surface area contributed by atoms with Gasteiger partial charge >= 0.3 is 0 Å². The minimum atomic E-state index is -0.293. The molecule has 5 heteroatoms. The van der Waals surface area contributed by atoms with Gasteiger partial charge in [0.2, 0.25) is 0 Å². The summed E-state index contributed by atoms with van der Waals surface area (Å²) in [5, 5.41) is 3.71. The maximum Gasteiger partial charge on any atom is 0.291 e. The van der Waals surface area contributed by atoms with Crippen LogP contribution in [0, 0.1) is 0 Å². The standard InChI is InChI=1S/C16H13BrN2O2/c17-12-6-3-5-10-8-14(21-15(10)12)16(20)19-13-7-2-1-4-11(13)9-18/h1-8H,9,18H2,(H,19,20). The van der Waals surface area contributed by atoms with Crippen LogP contribution in [0.5, 0.6) is 0 Å². The first-order chi connectivity index (χ1) is 10.2. The Morgan fingerprint density at radius 1 is 1.19 bits per heavy atom. The van der Waals surface area contributed by atoms with Crippen LogP contribution in [0.3, 0.4) is 0 Å². The molecule has 0 radical (unpaired) electrons. The van der Waals surface area contributed by atoms with E-state index in [1.165, 1.54) is 0 Å². The molecule has 3 aromatic rings. The van der Waals surface area contributed by atoms with Crippen molar-refractivity contribution in [3.05, 3.63) is 64.3 Å². The molecule has 1 amide bonds. The highest BCUT2D eigenvalue weighted by molar-refractivity contribution is 9.10. The summed E-state index contributed by atoms with van der Waals surface area (Å²) in [5.74, 6) is -0.0253. The highest BCUT2D eigenvalue weighted by Gasteiger charge is 2.14. The van der Waals surface area contributed by atoms with Crippen molar-refractivity contribution in [1.29, 1.82) is 0 Å². The average molecular weight is 345 g/mol. The van der Waals surface area contributed by atoms with Crippen molar-refractivity contribution in [2.75, 3.05) is 5.32 Å². The van der Waals surface area contributed by atoms with Gasteiger partial charge in [-0.2, -0.15) is 0 Å². The number of fused-ring (bicyclic) bond motifs is 1. The first-order valence-corrected chi connectivity index (χ1v) is 7.25. The fourth-order valence-electron chi connectivity index (χ4n) is 2.14. The Hall–Kier alpha value is -2.11. The largest absolute Gasteiger partial charge is 0.450 e. The average Bonchev–Trinajstić information content (AvgIpc) is 2.93. The fraction of sp³-hybridized carbons (Fsp3) is 0.0625. The van der Waals surface area contributed by atoms with Crippen LogP contribution >= 0.6 is 15.9 Å². The molecule has 0 fully saturated rings. The molecule has 3 N–H and O–H groups in total. The second-order valence-electron chi connectivity index (χ2n) is 4.58. The molecule has 4 nitrogen and oxygen atoms in total. The zero-order valence-corrected chi connectivity index (χ0v) is 12.7. The highest BCUT2D eigenvalue weighted by Crippen LogP contribution is 2.27. The van der Waals surface area contributed by atoms with Crippen LogP contribution in [0.4, 0.5) is 5.69 Å². The first kappa shape index (κ1) is 13.9. The Morgan fingerprint density at radius 3 is 2.76 bits per heavy atom. The quantitative estimate of drug-likeness (QED) is 0.756. The molecule has 0 aliphatic carbocycles. The van der Waals surface area contributed by atoms with Crippen LogP contribution in [0.15, 0.2) is 57.4 Å². The lowest BCUT2D eigenvalue weighted by atomic mass is 10.2. The van der Waals surface area contributed by atoms with E-state index in [0.29, 0.717) is 17.8 Å². The Kier molecular flexibility index (Phi) is 3.77. The topological polar surface area (TPSA) is 68.3 Å². The number of hydrogen-bond acceptors (Lipinski definition) is 3. The van der Waals surface area contributed by atoms with E-state index >= 15 is 0 Å². The van der Waals surface area contributed by atoms with E-state index < -0.39 is 0 Å². The molecule has 0 saturated heterocycles. The number of carbonyl (C=O) groups excluding carboxylic acids is 1. The maximum absolute atomic E-state index is 12.3. The van der Waals surface area contributed by atoms with Gasteiger partial charge in [-0.25, -0.2) is 0 Å². The number of para-hydroxylation sites is 2. The zero-order chi connectivity index (χ0) is 14.8. The molecule has 0 bridgehead atoms. The van der Waals surface area contributed by atoms with Crippen molar-refractivity contribution in [3.63, 3.8) is 0 Å². The third kappa shape index (κ3) is 2.70. The minimum Gasteiger partial charge on any atom is -0.450 e. The summed E-state index contributed by atoms with van der Waals surface area (Å²) in [6.07, 6.45) is 0. The summed E-state index contributed by atoms with van der Waals surface area (Å²) < 4.78 is 6.44. The van der Waals surface area contributed by atoms with Gasteiger partial charge in [0.25, 0.3) is 5.91 Å². The van der Waals surface area contributed by atoms with Crippen molar-refractivity contribution in [1.82, 2.24) is 0 Å². The minimum absolute atomic E-state index is 0.267. The Labute approximate surface area is 130 Å². The lowest BCUT2D eigenvalue weighted by Gasteiger charge is -2.07. The number of nitrogens with two attached hydrogens (primary N) is 1. The van der Waals surface area contributed by atoms with Crippen molar-refractivity contribution >= 4 is 38.5 Å². The first-order valence-electron chi connectivity index (χ1n) is 6.46. The summed E-state index contributed by atoms with van der Waals surface area (Å²) in [5.41, 5.74) is 7.90. The number of furan rings is 1. The number of benzene rings is 2. The van der Waals surface area contributed by atoms with Gasteiger partial charge in [-0.1, -0.05) is 30.3 Å². The number of rotatable bonds is 3. The Bertz CT molecular complexity index is 811. The molecule has 1 aromatic heterocycles. The van der Waals surface area contributed by atoms with E-state index in [-0.39, 0.29) is 11.7 Å². The lowest BCUT2D eigenvalue weighted by molar-refractivity contribution is 0.0998. The van der Waals surface area contributed by atoms with Gasteiger partial charge in [-0.3, -0.25) is 4.79 Å². The van der Waals surface area contributed by atoms with Gasteiger partial charge in [-0.15, -0.1) is 0 Å². The monoisotopic (exact) mass is 344 g/mol. The number of amides is 1. The third-order valence-electron chi connectivity index (χ3n) is 3.21. The van der Waals surface area contributed by atoms with Gasteiger partial charge in [0, 0.05) is 17.6 Å². The summed E-state index contributed by atoms with van der Waals surface area (Å²) in [6.45, 7) is 0.363. The van der Waals surface area contributed by atoms with E-state index in [9.17, 15) is 4.79 Å². The summed E-state index contributed by atoms with van der Waals surface area (Å²) in [4.78, 5) is 12.3. The normalized spacial score (nSPS) is 10.8. The van der Waals surface area contributed by atoms with Crippen LogP contribution in [-0.4, -0.2) is 5.91 Å². The molecule has 0 saturated carbocycles. The SMILES string of the molecule is NCc1ccccc1NC(=O)c1cc2cccc(Br)c2o1. The van der Waals surface area contributed by atoms with Gasteiger partial charge in [0.1, 0.15) is 5.58 Å². The van der Waals surface area contributed by atoms with E-state index in [1.807, 2.05) is 42.5 Å². The molecule has 0 aliphatic rings. The Balaban J connectivity index is 1.92. The number of halogens is 1. The lowest BCUT2D eigenvalue weighted by Crippen LogP contribution is -2.13. The molecule has 2 aromatic carbocycles. The summed E-state index contributed by atoms with van der Waals surface area (Å²) in [6, 6.07) is 14.8. The second-order valence-corrected chi connectivity index (χ2v) is 5.44. The molecule has 0 aliphatic heterocycles. The van der Waals surface area contributed by atoms with Crippen LogP contribution in [0.1, 0.15) is 16.1 Å².